The number of rotatable bonds is 3. The average molecular weight is 434 g/mol. The van der Waals surface area contributed by atoms with Gasteiger partial charge in [-0.15, -0.1) is 0 Å². The number of aliphatic hydroxyl groups excluding tert-OH is 1. The Bertz CT molecular complexity index is 1040. The number of carbonyl (C=O) groups excluding carboxylic acids is 1. The number of aliphatic hydroxyl groups is 1. The van der Waals surface area contributed by atoms with E-state index in [1.165, 1.54) is 0 Å². The molecule has 2 amide bonds. The minimum atomic E-state index is -0.0696. The number of urea groups is 1. The summed E-state index contributed by atoms with van der Waals surface area (Å²) in [4.78, 5) is 17.0. The summed E-state index contributed by atoms with van der Waals surface area (Å²) in [6.07, 6.45) is 0.868. The molecule has 4 rings (SSSR count). The highest BCUT2D eigenvalue weighted by Crippen LogP contribution is 2.48. The zero-order chi connectivity index (χ0) is 22.8. The van der Waals surface area contributed by atoms with E-state index < -0.39 is 0 Å². The van der Waals surface area contributed by atoms with Gasteiger partial charge in [0.25, 0.3) is 0 Å². The molecule has 2 aromatic rings. The molecule has 0 unspecified atom stereocenters. The van der Waals surface area contributed by atoms with Gasteiger partial charge in [0.2, 0.25) is 0 Å². The van der Waals surface area contributed by atoms with Crippen LogP contribution in [0.4, 0.5) is 10.5 Å². The molecule has 1 fully saturated rings. The molecule has 1 saturated heterocycles. The Morgan fingerprint density at radius 2 is 1.88 bits per heavy atom. The van der Waals surface area contributed by atoms with Gasteiger partial charge in [0.15, 0.2) is 0 Å². The number of amides is 2. The van der Waals surface area contributed by atoms with E-state index in [0.29, 0.717) is 6.54 Å². The highest BCUT2D eigenvalue weighted by molar-refractivity contribution is 5.77. The number of methoxy groups -OCH3 is 1. The third-order valence-electron chi connectivity index (χ3n) is 6.46. The summed E-state index contributed by atoms with van der Waals surface area (Å²) in [6.45, 7) is 4.68. The second kappa shape index (κ2) is 9.13. The molecule has 2 N–H and O–H groups in total. The molecule has 0 aliphatic carbocycles. The van der Waals surface area contributed by atoms with Gasteiger partial charge in [-0.1, -0.05) is 11.8 Å². The lowest BCUT2D eigenvalue weighted by molar-refractivity contribution is 0.159. The standard InChI is InChI=1S/C26H31N3O3/c1-17(2)27-26(31)29-14-13-21-24(16-30)28(3)23-12-9-19(15-22(23)25(21)29)6-5-18-7-10-20(32-4)11-8-18/h7-12,15,17,21,24-25,30H,13-14,16H2,1-4H3,(H,27,31)/t21-,24+,25-/m1/s1. The zero-order valence-corrected chi connectivity index (χ0v) is 19.1. The average Bonchev–Trinajstić information content (AvgIpc) is 3.23. The predicted octanol–water partition coefficient (Wildman–Crippen LogP) is 3.39. The highest BCUT2D eigenvalue weighted by Gasteiger charge is 2.47. The molecule has 2 heterocycles. The smallest absolute Gasteiger partial charge is 0.318 e. The van der Waals surface area contributed by atoms with Crippen molar-refractivity contribution in [1.29, 1.82) is 0 Å². The number of carbonyl (C=O) groups is 1. The van der Waals surface area contributed by atoms with Crippen molar-refractivity contribution in [3.8, 4) is 17.6 Å². The maximum Gasteiger partial charge on any atom is 0.318 e. The van der Waals surface area contributed by atoms with E-state index in [1.807, 2.05) is 56.1 Å². The van der Waals surface area contributed by atoms with Gasteiger partial charge in [-0.25, -0.2) is 4.79 Å². The summed E-state index contributed by atoms with van der Waals surface area (Å²) in [6, 6.07) is 13.8. The molecule has 0 saturated carbocycles. The Hall–Kier alpha value is -3.17. The van der Waals surface area contributed by atoms with Crippen LogP contribution in [-0.4, -0.2) is 55.4 Å². The van der Waals surface area contributed by atoms with E-state index in [0.717, 1.165) is 34.5 Å². The van der Waals surface area contributed by atoms with E-state index in [-0.39, 0.29) is 36.7 Å². The molecular formula is C26H31N3O3. The Kier molecular flexibility index (Phi) is 6.29. The van der Waals surface area contributed by atoms with E-state index in [1.54, 1.807) is 7.11 Å². The van der Waals surface area contributed by atoms with Gasteiger partial charge in [0.05, 0.1) is 25.8 Å². The normalized spacial score (nSPS) is 21.5. The third-order valence-corrected chi connectivity index (χ3v) is 6.46. The van der Waals surface area contributed by atoms with Gasteiger partial charge in [-0.2, -0.15) is 0 Å². The molecule has 2 aliphatic heterocycles. The fraction of sp³-hybridized carbons (Fsp3) is 0.423. The minimum Gasteiger partial charge on any atom is -0.497 e. The molecule has 6 heteroatoms. The van der Waals surface area contributed by atoms with Crippen molar-refractivity contribution in [2.75, 3.05) is 32.2 Å². The number of hydrogen-bond donors (Lipinski definition) is 2. The van der Waals surface area contributed by atoms with Crippen LogP contribution in [0.2, 0.25) is 0 Å². The summed E-state index contributed by atoms with van der Waals surface area (Å²) in [7, 11) is 3.67. The fourth-order valence-corrected chi connectivity index (χ4v) is 4.91. The molecule has 32 heavy (non-hydrogen) atoms. The number of nitrogens with one attached hydrogen (secondary N) is 1. The quantitative estimate of drug-likeness (QED) is 0.729. The van der Waals surface area contributed by atoms with Crippen LogP contribution in [-0.2, 0) is 0 Å². The van der Waals surface area contributed by atoms with Gasteiger partial charge in [0, 0.05) is 42.4 Å². The number of anilines is 1. The van der Waals surface area contributed by atoms with Gasteiger partial charge in [-0.3, -0.25) is 0 Å². The summed E-state index contributed by atoms with van der Waals surface area (Å²) in [5, 5.41) is 13.2. The Labute approximate surface area is 190 Å². The molecule has 2 aromatic carbocycles. The highest BCUT2D eigenvalue weighted by atomic mass is 16.5. The van der Waals surface area contributed by atoms with Crippen LogP contribution in [0.1, 0.15) is 43.0 Å². The minimum absolute atomic E-state index is 0.0133. The first-order valence-electron chi connectivity index (χ1n) is 11.1. The molecule has 0 bridgehead atoms. The number of fused-ring (bicyclic) bond motifs is 3. The summed E-state index contributed by atoms with van der Waals surface area (Å²) in [5.41, 5.74) is 3.97. The Balaban J connectivity index is 1.70. The lowest BCUT2D eigenvalue weighted by atomic mass is 9.81. The maximum atomic E-state index is 12.9. The topological polar surface area (TPSA) is 65.0 Å². The van der Waals surface area contributed by atoms with Crippen molar-refractivity contribution in [1.82, 2.24) is 10.2 Å². The molecule has 3 atom stereocenters. The molecular weight excluding hydrogens is 402 g/mol. The number of likely N-dealkylation sites (N-methyl/N-ethyl adjacent to an activating group) is 1. The number of benzene rings is 2. The van der Waals surface area contributed by atoms with Crippen molar-refractivity contribution in [2.45, 2.75) is 38.4 Å². The van der Waals surface area contributed by atoms with Crippen molar-refractivity contribution in [3.05, 3.63) is 59.2 Å². The second-order valence-electron chi connectivity index (χ2n) is 8.81. The molecule has 0 spiro atoms. The Morgan fingerprint density at radius 1 is 1.19 bits per heavy atom. The van der Waals surface area contributed by atoms with Crippen LogP contribution in [0.3, 0.4) is 0 Å². The summed E-state index contributed by atoms with van der Waals surface area (Å²) in [5.74, 6) is 7.47. The Morgan fingerprint density at radius 3 is 2.53 bits per heavy atom. The van der Waals surface area contributed by atoms with Crippen LogP contribution in [0.25, 0.3) is 0 Å². The molecule has 168 valence electrons. The van der Waals surface area contributed by atoms with E-state index in [4.69, 9.17) is 4.74 Å². The van der Waals surface area contributed by atoms with Crippen molar-refractivity contribution >= 4 is 11.7 Å². The van der Waals surface area contributed by atoms with Crippen LogP contribution in [0.5, 0.6) is 5.75 Å². The number of nitrogens with zero attached hydrogens (tertiary/aromatic N) is 2. The van der Waals surface area contributed by atoms with Gasteiger partial charge < -0.3 is 25.0 Å². The van der Waals surface area contributed by atoms with E-state index >= 15 is 0 Å². The largest absolute Gasteiger partial charge is 0.497 e. The summed E-state index contributed by atoms with van der Waals surface area (Å²) < 4.78 is 5.21. The SMILES string of the molecule is COc1ccc(C#Cc2ccc3c(c2)[C@H]2[C@H](CCN2C(=O)NC(C)C)[C@H](CO)N3C)cc1. The zero-order valence-electron chi connectivity index (χ0n) is 19.1. The first-order chi connectivity index (χ1) is 15.4. The number of ether oxygens (including phenoxy) is 1. The molecule has 0 aromatic heterocycles. The maximum absolute atomic E-state index is 12.9. The second-order valence-corrected chi connectivity index (χ2v) is 8.81. The van der Waals surface area contributed by atoms with Crippen molar-refractivity contribution in [2.24, 2.45) is 5.92 Å². The van der Waals surface area contributed by atoms with E-state index in [2.05, 4.69) is 34.2 Å². The van der Waals surface area contributed by atoms with Crippen LogP contribution < -0.4 is 15.0 Å². The first kappa shape index (κ1) is 22.0. The fourth-order valence-electron chi connectivity index (χ4n) is 4.91. The molecule has 6 nitrogen and oxygen atoms in total. The van der Waals surface area contributed by atoms with E-state index in [9.17, 15) is 9.90 Å². The lowest BCUT2D eigenvalue weighted by Gasteiger charge is -2.44. The van der Waals surface area contributed by atoms with Crippen LogP contribution in [0.15, 0.2) is 42.5 Å². The lowest BCUT2D eigenvalue weighted by Crippen LogP contribution is -2.50. The van der Waals surface area contributed by atoms with Crippen LogP contribution in [0, 0.1) is 17.8 Å². The number of likely N-dealkylation sites (tertiary alicyclic amines) is 1. The molecule has 2 aliphatic rings. The van der Waals surface area contributed by atoms with Gasteiger partial charge >= 0.3 is 6.03 Å². The first-order valence-corrected chi connectivity index (χ1v) is 11.1. The monoisotopic (exact) mass is 433 g/mol. The molecule has 0 radical (unpaired) electrons. The summed E-state index contributed by atoms with van der Waals surface area (Å²) >= 11 is 0. The van der Waals surface area contributed by atoms with Gasteiger partial charge in [0.1, 0.15) is 5.75 Å². The van der Waals surface area contributed by atoms with Crippen LogP contribution >= 0.6 is 0 Å². The van der Waals surface area contributed by atoms with Crippen molar-refractivity contribution < 1.29 is 14.6 Å². The number of hydrogen-bond acceptors (Lipinski definition) is 4. The van der Waals surface area contributed by atoms with Crippen molar-refractivity contribution in [3.63, 3.8) is 0 Å². The predicted molar refractivity (Wildman–Crippen MR) is 126 cm³/mol. The van der Waals surface area contributed by atoms with Gasteiger partial charge in [-0.05, 0) is 68.3 Å². The third kappa shape index (κ3) is 4.13.